The van der Waals surface area contributed by atoms with Gasteiger partial charge in [-0.05, 0) is 36.3 Å². The number of rotatable bonds is 1. The Kier molecular flexibility index (Phi) is 1.87. The first kappa shape index (κ1) is 9.28. The van der Waals surface area contributed by atoms with Crippen molar-refractivity contribution in [3.05, 3.63) is 29.3 Å². The predicted molar refractivity (Wildman–Crippen MR) is 63.2 cm³/mol. The summed E-state index contributed by atoms with van der Waals surface area (Å²) in [5, 5.41) is 2.87. The van der Waals surface area contributed by atoms with Gasteiger partial charge in [0.2, 0.25) is 5.91 Å². The first-order chi connectivity index (χ1) is 7.17. The van der Waals surface area contributed by atoms with Crippen LogP contribution in [0.15, 0.2) is 18.2 Å². The molecule has 78 valence electrons. The summed E-state index contributed by atoms with van der Waals surface area (Å²) in [7, 11) is 0. The summed E-state index contributed by atoms with van der Waals surface area (Å²) in [5.41, 5.74) is 3.52. The maximum atomic E-state index is 11.2. The molecule has 0 bridgehead atoms. The Morgan fingerprint density at radius 1 is 1.47 bits per heavy atom. The Hall–Kier alpha value is -0.960. The fourth-order valence-electron chi connectivity index (χ4n) is 2.19. The van der Waals surface area contributed by atoms with Crippen molar-refractivity contribution in [3.8, 4) is 0 Å². The molecule has 3 rings (SSSR count). The number of hydrogen-bond donors (Lipinski definition) is 1. The van der Waals surface area contributed by atoms with E-state index in [2.05, 4.69) is 24.4 Å². The molecule has 15 heavy (non-hydrogen) atoms. The second kappa shape index (κ2) is 3.01. The number of nitrogens with one attached hydrogen (secondary N) is 1. The molecule has 1 aromatic rings. The number of benzene rings is 1. The second-order valence-corrected chi connectivity index (χ2v) is 6.02. The monoisotopic (exact) mass is 219 g/mol. The van der Waals surface area contributed by atoms with Crippen molar-refractivity contribution in [3.63, 3.8) is 0 Å². The highest BCUT2D eigenvalue weighted by Gasteiger charge is 2.35. The van der Waals surface area contributed by atoms with E-state index in [-0.39, 0.29) is 5.91 Å². The van der Waals surface area contributed by atoms with Crippen molar-refractivity contribution < 1.29 is 4.79 Å². The van der Waals surface area contributed by atoms with Gasteiger partial charge in [0.1, 0.15) is 0 Å². The predicted octanol–water partition coefficient (Wildman–Crippen LogP) is 2.53. The van der Waals surface area contributed by atoms with Crippen LogP contribution in [0.25, 0.3) is 0 Å². The normalized spacial score (nSPS) is 28.2. The van der Waals surface area contributed by atoms with Crippen LogP contribution in [0.2, 0.25) is 0 Å². The van der Waals surface area contributed by atoms with E-state index in [1.54, 1.807) is 0 Å². The molecule has 0 radical (unpaired) electrons. The largest absolute Gasteiger partial charge is 0.326 e. The van der Waals surface area contributed by atoms with Gasteiger partial charge in [-0.2, -0.15) is 11.8 Å². The summed E-state index contributed by atoms with van der Waals surface area (Å²) >= 11 is 2.00. The van der Waals surface area contributed by atoms with Crippen LogP contribution < -0.4 is 5.32 Å². The summed E-state index contributed by atoms with van der Waals surface area (Å²) in [6, 6.07) is 6.38. The summed E-state index contributed by atoms with van der Waals surface area (Å²) in [6.45, 7) is 2.28. The van der Waals surface area contributed by atoms with Gasteiger partial charge in [0.15, 0.2) is 0 Å². The Morgan fingerprint density at radius 3 is 2.93 bits per heavy atom. The van der Waals surface area contributed by atoms with E-state index in [4.69, 9.17) is 0 Å². The standard InChI is InChI=1S/C12H13NOS/c1-12(4-5-15-12)9-2-3-10-8(6-9)7-11(14)13-10/h2-3,6H,4-5,7H2,1H3,(H,13,14). The molecule has 1 fully saturated rings. The molecule has 1 atom stereocenters. The third-order valence-electron chi connectivity index (χ3n) is 3.34. The fraction of sp³-hybridized carbons (Fsp3) is 0.417. The maximum Gasteiger partial charge on any atom is 0.228 e. The molecular formula is C12H13NOS. The average Bonchev–Trinajstić information content (AvgIpc) is 2.53. The minimum absolute atomic E-state index is 0.119. The van der Waals surface area contributed by atoms with Gasteiger partial charge >= 0.3 is 0 Å². The zero-order valence-corrected chi connectivity index (χ0v) is 9.49. The smallest absolute Gasteiger partial charge is 0.228 e. The molecule has 2 heterocycles. The number of fused-ring (bicyclic) bond motifs is 1. The molecule has 0 aliphatic carbocycles. The number of anilines is 1. The third kappa shape index (κ3) is 1.37. The number of hydrogen-bond acceptors (Lipinski definition) is 2. The molecule has 0 saturated carbocycles. The maximum absolute atomic E-state index is 11.2. The van der Waals surface area contributed by atoms with Gasteiger partial charge in [-0.1, -0.05) is 12.1 Å². The molecule has 2 nitrogen and oxygen atoms in total. The summed E-state index contributed by atoms with van der Waals surface area (Å²) < 4.78 is 0.292. The molecule has 1 saturated heterocycles. The van der Waals surface area contributed by atoms with Gasteiger partial charge in [-0.3, -0.25) is 4.79 Å². The molecule has 1 N–H and O–H groups in total. The van der Waals surface area contributed by atoms with Crippen molar-refractivity contribution in [1.82, 2.24) is 0 Å². The van der Waals surface area contributed by atoms with Crippen LogP contribution in [0, 0.1) is 0 Å². The first-order valence-electron chi connectivity index (χ1n) is 5.25. The molecule has 3 heteroatoms. The quantitative estimate of drug-likeness (QED) is 0.786. The lowest BCUT2D eigenvalue weighted by Gasteiger charge is -2.38. The van der Waals surface area contributed by atoms with E-state index in [1.165, 1.54) is 17.7 Å². The van der Waals surface area contributed by atoms with E-state index in [1.807, 2.05) is 17.8 Å². The van der Waals surface area contributed by atoms with Crippen molar-refractivity contribution in [2.24, 2.45) is 0 Å². The Bertz CT molecular complexity index is 437. The summed E-state index contributed by atoms with van der Waals surface area (Å²) in [4.78, 5) is 11.2. The Balaban J connectivity index is 1.99. The topological polar surface area (TPSA) is 29.1 Å². The van der Waals surface area contributed by atoms with Crippen LogP contribution in [0.1, 0.15) is 24.5 Å². The van der Waals surface area contributed by atoms with E-state index in [0.717, 1.165) is 11.3 Å². The SMILES string of the molecule is CC1(c2ccc3c(c2)CC(=O)N3)CCS1. The van der Waals surface area contributed by atoms with Crippen LogP contribution in [-0.4, -0.2) is 11.7 Å². The van der Waals surface area contributed by atoms with Crippen molar-refractivity contribution in [2.75, 3.05) is 11.1 Å². The van der Waals surface area contributed by atoms with Crippen molar-refractivity contribution in [2.45, 2.75) is 24.5 Å². The lowest BCUT2D eigenvalue weighted by molar-refractivity contribution is -0.115. The molecule has 2 aliphatic heterocycles. The highest BCUT2D eigenvalue weighted by Crippen LogP contribution is 2.49. The number of carbonyl (C=O) groups is 1. The van der Waals surface area contributed by atoms with Gasteiger partial charge in [0.05, 0.1) is 6.42 Å². The number of amides is 1. The molecule has 0 spiro atoms. The van der Waals surface area contributed by atoms with Gasteiger partial charge < -0.3 is 5.32 Å². The highest BCUT2D eigenvalue weighted by molar-refractivity contribution is 8.01. The van der Waals surface area contributed by atoms with Crippen LogP contribution in [0.3, 0.4) is 0 Å². The van der Waals surface area contributed by atoms with Crippen LogP contribution in [-0.2, 0) is 16.0 Å². The third-order valence-corrected chi connectivity index (χ3v) is 4.83. The first-order valence-corrected chi connectivity index (χ1v) is 6.23. The van der Waals surface area contributed by atoms with Gasteiger partial charge in [0.25, 0.3) is 0 Å². The second-order valence-electron chi connectivity index (χ2n) is 4.43. The van der Waals surface area contributed by atoms with E-state index in [9.17, 15) is 4.79 Å². The molecule has 1 amide bonds. The molecule has 0 aromatic heterocycles. The van der Waals surface area contributed by atoms with Crippen molar-refractivity contribution in [1.29, 1.82) is 0 Å². The summed E-state index contributed by atoms with van der Waals surface area (Å²) in [5.74, 6) is 1.37. The lowest BCUT2D eigenvalue weighted by atomic mass is 9.94. The molecular weight excluding hydrogens is 206 g/mol. The van der Waals surface area contributed by atoms with Gasteiger partial charge in [0, 0.05) is 10.4 Å². The van der Waals surface area contributed by atoms with E-state index >= 15 is 0 Å². The Labute approximate surface area is 93.4 Å². The van der Waals surface area contributed by atoms with Gasteiger partial charge in [-0.15, -0.1) is 0 Å². The highest BCUT2D eigenvalue weighted by atomic mass is 32.2. The van der Waals surface area contributed by atoms with E-state index in [0.29, 0.717) is 11.2 Å². The summed E-state index contributed by atoms with van der Waals surface area (Å²) in [6.07, 6.45) is 1.79. The van der Waals surface area contributed by atoms with Gasteiger partial charge in [-0.25, -0.2) is 0 Å². The average molecular weight is 219 g/mol. The fourth-order valence-corrected chi connectivity index (χ4v) is 3.30. The minimum Gasteiger partial charge on any atom is -0.326 e. The molecule has 1 unspecified atom stereocenters. The molecule has 1 aromatic carbocycles. The number of carbonyl (C=O) groups excluding carboxylic acids is 1. The zero-order chi connectivity index (χ0) is 10.5. The minimum atomic E-state index is 0.119. The van der Waals surface area contributed by atoms with Crippen LogP contribution in [0.5, 0.6) is 0 Å². The van der Waals surface area contributed by atoms with Crippen LogP contribution in [0.4, 0.5) is 5.69 Å². The zero-order valence-electron chi connectivity index (χ0n) is 8.67. The lowest BCUT2D eigenvalue weighted by Crippen LogP contribution is -2.27. The van der Waals surface area contributed by atoms with Crippen molar-refractivity contribution >= 4 is 23.4 Å². The Morgan fingerprint density at radius 2 is 2.27 bits per heavy atom. The molecule has 2 aliphatic rings. The van der Waals surface area contributed by atoms with E-state index < -0.39 is 0 Å². The number of thioether (sulfide) groups is 1. The van der Waals surface area contributed by atoms with Crippen LogP contribution >= 0.6 is 11.8 Å².